The molecule has 1 unspecified atom stereocenters. The van der Waals surface area contributed by atoms with Gasteiger partial charge in [0.15, 0.2) is 0 Å². The van der Waals surface area contributed by atoms with Crippen LogP contribution in [0, 0.1) is 11.6 Å². The van der Waals surface area contributed by atoms with Crippen LogP contribution in [0.5, 0.6) is 0 Å². The van der Waals surface area contributed by atoms with Gasteiger partial charge in [-0.3, -0.25) is 4.98 Å². The largest absolute Gasteiger partial charge is 0.398 e. The molecule has 3 nitrogen and oxygen atoms in total. The number of hydrogen-bond acceptors (Lipinski definition) is 3. The van der Waals surface area contributed by atoms with Crippen molar-refractivity contribution >= 4 is 5.69 Å². The van der Waals surface area contributed by atoms with Crippen LogP contribution >= 0.6 is 0 Å². The number of nitrogens with zero attached hydrogens (tertiary/aromatic N) is 1. The van der Waals surface area contributed by atoms with E-state index in [1.807, 2.05) is 6.92 Å². The van der Waals surface area contributed by atoms with Gasteiger partial charge in [-0.05, 0) is 30.7 Å². The minimum Gasteiger partial charge on any atom is -0.398 e. The lowest BCUT2D eigenvalue weighted by Crippen LogP contribution is -2.24. The summed E-state index contributed by atoms with van der Waals surface area (Å²) in [5.41, 5.74) is 7.76. The number of rotatable bonds is 5. The lowest BCUT2D eigenvalue weighted by atomic mass is 9.98. The van der Waals surface area contributed by atoms with Crippen LogP contribution in [0.3, 0.4) is 0 Å². The molecule has 1 heterocycles. The fourth-order valence-corrected chi connectivity index (χ4v) is 2.15. The van der Waals surface area contributed by atoms with Gasteiger partial charge in [0.25, 0.3) is 0 Å². The number of benzene rings is 1. The number of likely N-dealkylation sites (N-methyl/N-ethyl adjacent to an activating group) is 1. The van der Waals surface area contributed by atoms with Crippen molar-refractivity contribution in [3.63, 3.8) is 0 Å². The highest BCUT2D eigenvalue weighted by Gasteiger charge is 2.17. The van der Waals surface area contributed by atoms with Crippen LogP contribution in [-0.2, 0) is 6.42 Å². The molecular weight excluding hydrogens is 260 g/mol. The van der Waals surface area contributed by atoms with E-state index >= 15 is 0 Å². The summed E-state index contributed by atoms with van der Waals surface area (Å²) in [6.07, 6.45) is 3.77. The van der Waals surface area contributed by atoms with Gasteiger partial charge in [-0.2, -0.15) is 0 Å². The van der Waals surface area contributed by atoms with Crippen LogP contribution in [0.15, 0.2) is 36.7 Å². The van der Waals surface area contributed by atoms with Crippen LogP contribution in [0.4, 0.5) is 14.5 Å². The molecule has 0 saturated carbocycles. The normalized spacial score (nSPS) is 12.3. The van der Waals surface area contributed by atoms with Crippen molar-refractivity contribution in [2.45, 2.75) is 19.4 Å². The van der Waals surface area contributed by atoms with Gasteiger partial charge in [-0.25, -0.2) is 8.78 Å². The Kier molecular flexibility index (Phi) is 4.63. The molecule has 2 aromatic rings. The van der Waals surface area contributed by atoms with Gasteiger partial charge in [0, 0.05) is 35.8 Å². The Labute approximate surface area is 116 Å². The second-order valence-electron chi connectivity index (χ2n) is 4.55. The van der Waals surface area contributed by atoms with Crippen molar-refractivity contribution in [1.82, 2.24) is 10.3 Å². The average Bonchev–Trinajstić information content (AvgIpc) is 2.41. The number of hydrogen-bond donors (Lipinski definition) is 2. The van der Waals surface area contributed by atoms with E-state index in [-0.39, 0.29) is 6.04 Å². The standard InChI is InChI=1S/C15H17F2N3/c1-2-20-15(7-10-9-19-6-5-14(10)18)12-4-3-11(16)8-13(12)17/h3-6,8-9,15,20H,2,7H2,1H3,(H2,18,19). The quantitative estimate of drug-likeness (QED) is 0.883. The maximum absolute atomic E-state index is 13.9. The molecule has 0 bridgehead atoms. The molecule has 2 rings (SSSR count). The molecule has 0 amide bonds. The zero-order chi connectivity index (χ0) is 14.5. The van der Waals surface area contributed by atoms with E-state index in [2.05, 4.69) is 10.3 Å². The number of anilines is 1. The van der Waals surface area contributed by atoms with Crippen molar-refractivity contribution in [3.8, 4) is 0 Å². The van der Waals surface area contributed by atoms with Crippen LogP contribution in [-0.4, -0.2) is 11.5 Å². The third kappa shape index (κ3) is 3.30. The molecule has 1 atom stereocenters. The third-order valence-electron chi connectivity index (χ3n) is 3.15. The molecule has 5 heteroatoms. The topological polar surface area (TPSA) is 50.9 Å². The first-order valence-electron chi connectivity index (χ1n) is 6.48. The number of nitrogens with one attached hydrogen (secondary N) is 1. The molecule has 1 aromatic carbocycles. The maximum atomic E-state index is 13.9. The Balaban J connectivity index is 2.29. The summed E-state index contributed by atoms with van der Waals surface area (Å²) in [5, 5.41) is 3.19. The summed E-state index contributed by atoms with van der Waals surface area (Å²) >= 11 is 0. The first-order chi connectivity index (χ1) is 9.61. The molecular formula is C15H17F2N3. The maximum Gasteiger partial charge on any atom is 0.130 e. The van der Waals surface area contributed by atoms with E-state index in [0.717, 1.165) is 11.6 Å². The lowest BCUT2D eigenvalue weighted by molar-refractivity contribution is 0.502. The Bertz CT molecular complexity index is 587. The van der Waals surface area contributed by atoms with Crippen LogP contribution in [0.25, 0.3) is 0 Å². The number of aromatic nitrogens is 1. The predicted molar refractivity (Wildman–Crippen MR) is 75.1 cm³/mol. The fraction of sp³-hybridized carbons (Fsp3) is 0.267. The van der Waals surface area contributed by atoms with Gasteiger partial charge in [-0.1, -0.05) is 13.0 Å². The van der Waals surface area contributed by atoms with Gasteiger partial charge in [0.2, 0.25) is 0 Å². The van der Waals surface area contributed by atoms with Gasteiger partial charge < -0.3 is 11.1 Å². The minimum atomic E-state index is -0.581. The highest BCUT2D eigenvalue weighted by atomic mass is 19.1. The third-order valence-corrected chi connectivity index (χ3v) is 3.15. The van der Waals surface area contributed by atoms with Crippen molar-refractivity contribution in [3.05, 3.63) is 59.4 Å². The molecule has 0 radical (unpaired) electrons. The summed E-state index contributed by atoms with van der Waals surface area (Å²) in [5.74, 6) is -1.14. The highest BCUT2D eigenvalue weighted by Crippen LogP contribution is 2.24. The SMILES string of the molecule is CCNC(Cc1cnccc1N)c1ccc(F)cc1F. The number of halogens is 2. The van der Waals surface area contributed by atoms with E-state index in [0.29, 0.717) is 24.2 Å². The molecule has 0 saturated heterocycles. The number of nitrogens with two attached hydrogens (primary N) is 1. The van der Waals surface area contributed by atoms with Crippen LogP contribution in [0.2, 0.25) is 0 Å². The van der Waals surface area contributed by atoms with Crippen molar-refractivity contribution in [2.75, 3.05) is 12.3 Å². The smallest absolute Gasteiger partial charge is 0.130 e. The molecule has 0 aliphatic rings. The zero-order valence-corrected chi connectivity index (χ0v) is 11.2. The Hall–Kier alpha value is -2.01. The van der Waals surface area contributed by atoms with E-state index in [9.17, 15) is 8.78 Å². The first kappa shape index (κ1) is 14.4. The number of pyridine rings is 1. The van der Waals surface area contributed by atoms with E-state index in [1.54, 1.807) is 18.5 Å². The molecule has 3 N–H and O–H groups in total. The second-order valence-corrected chi connectivity index (χ2v) is 4.55. The molecule has 0 fully saturated rings. The van der Waals surface area contributed by atoms with E-state index in [4.69, 9.17) is 5.73 Å². The van der Waals surface area contributed by atoms with Gasteiger partial charge in [0.05, 0.1) is 0 Å². The van der Waals surface area contributed by atoms with Crippen LogP contribution < -0.4 is 11.1 Å². The Morgan fingerprint density at radius 1 is 1.30 bits per heavy atom. The molecule has 20 heavy (non-hydrogen) atoms. The molecule has 1 aromatic heterocycles. The zero-order valence-electron chi connectivity index (χ0n) is 11.2. The number of nitrogen functional groups attached to an aromatic ring is 1. The predicted octanol–water partition coefficient (Wildman–Crippen LogP) is 2.84. The Morgan fingerprint density at radius 3 is 2.75 bits per heavy atom. The van der Waals surface area contributed by atoms with Crippen molar-refractivity contribution < 1.29 is 8.78 Å². The second kappa shape index (κ2) is 6.43. The first-order valence-corrected chi connectivity index (χ1v) is 6.48. The van der Waals surface area contributed by atoms with Gasteiger partial charge in [0.1, 0.15) is 11.6 Å². The van der Waals surface area contributed by atoms with Gasteiger partial charge in [-0.15, -0.1) is 0 Å². The minimum absolute atomic E-state index is 0.271. The van der Waals surface area contributed by atoms with E-state index in [1.165, 1.54) is 12.1 Å². The summed E-state index contributed by atoms with van der Waals surface area (Å²) in [6.45, 7) is 2.60. The Morgan fingerprint density at radius 2 is 2.10 bits per heavy atom. The van der Waals surface area contributed by atoms with Crippen LogP contribution in [0.1, 0.15) is 24.1 Å². The van der Waals surface area contributed by atoms with E-state index < -0.39 is 11.6 Å². The summed E-state index contributed by atoms with van der Waals surface area (Å²) in [6, 6.07) is 5.05. The fourth-order valence-electron chi connectivity index (χ4n) is 2.15. The highest BCUT2D eigenvalue weighted by molar-refractivity contribution is 5.45. The average molecular weight is 277 g/mol. The molecule has 106 valence electrons. The molecule has 0 aliphatic heterocycles. The molecule has 0 aliphatic carbocycles. The molecule has 0 spiro atoms. The van der Waals surface area contributed by atoms with Crippen molar-refractivity contribution in [2.24, 2.45) is 0 Å². The van der Waals surface area contributed by atoms with Crippen molar-refractivity contribution in [1.29, 1.82) is 0 Å². The summed E-state index contributed by atoms with van der Waals surface area (Å²) in [4.78, 5) is 4.03. The summed E-state index contributed by atoms with van der Waals surface area (Å²) < 4.78 is 26.9. The lowest BCUT2D eigenvalue weighted by Gasteiger charge is -2.19. The van der Waals surface area contributed by atoms with Gasteiger partial charge >= 0.3 is 0 Å². The monoisotopic (exact) mass is 277 g/mol. The summed E-state index contributed by atoms with van der Waals surface area (Å²) in [7, 11) is 0.